The topological polar surface area (TPSA) is 141 Å². The highest BCUT2D eigenvalue weighted by molar-refractivity contribution is 6.06. The van der Waals surface area contributed by atoms with Gasteiger partial charge < -0.3 is 29.9 Å². The van der Waals surface area contributed by atoms with Crippen molar-refractivity contribution in [1.82, 2.24) is 24.4 Å². The smallest absolute Gasteiger partial charge is 0.392 e. The van der Waals surface area contributed by atoms with Gasteiger partial charge in [-0.25, -0.2) is 15.0 Å². The van der Waals surface area contributed by atoms with Crippen molar-refractivity contribution in [3.8, 4) is 11.4 Å². The maximum atomic E-state index is 14.5. The molecule has 58 heavy (non-hydrogen) atoms. The molecule has 3 aliphatic heterocycles. The van der Waals surface area contributed by atoms with Crippen molar-refractivity contribution in [1.29, 1.82) is 0 Å². The molecule has 3 aromatic heterocycles. The highest BCUT2D eigenvalue weighted by Gasteiger charge is 2.39. The summed E-state index contributed by atoms with van der Waals surface area (Å²) in [5.41, 5.74) is 3.67. The van der Waals surface area contributed by atoms with Gasteiger partial charge in [0.05, 0.1) is 18.0 Å². The molecular formula is C42H48F3N9O4. The van der Waals surface area contributed by atoms with E-state index in [9.17, 15) is 27.9 Å². The van der Waals surface area contributed by atoms with Crippen LogP contribution in [0.3, 0.4) is 0 Å². The number of carbonyl (C=O) groups excluding carboxylic acids is 2. The van der Waals surface area contributed by atoms with E-state index in [1.54, 1.807) is 18.2 Å². The first-order chi connectivity index (χ1) is 27.7. The average molecular weight is 800 g/mol. The third-order valence-corrected chi connectivity index (χ3v) is 11.8. The summed E-state index contributed by atoms with van der Waals surface area (Å²) in [5.74, 6) is -1.18. The van der Waals surface area contributed by atoms with Gasteiger partial charge >= 0.3 is 6.18 Å². The van der Waals surface area contributed by atoms with Gasteiger partial charge in [-0.1, -0.05) is 20.4 Å². The third-order valence-electron chi connectivity index (χ3n) is 11.8. The summed E-state index contributed by atoms with van der Waals surface area (Å²) in [6.07, 6.45) is 2.14. The highest BCUT2D eigenvalue weighted by Crippen LogP contribution is 2.41. The number of aromatic nitrogens is 4. The van der Waals surface area contributed by atoms with Crippen LogP contribution in [0.5, 0.6) is 0 Å². The van der Waals surface area contributed by atoms with Gasteiger partial charge in [-0.3, -0.25) is 19.4 Å². The molecule has 8 rings (SSSR count). The van der Waals surface area contributed by atoms with Crippen molar-refractivity contribution in [2.45, 2.75) is 77.9 Å². The van der Waals surface area contributed by atoms with E-state index in [0.717, 1.165) is 69.3 Å². The Kier molecular flexibility index (Phi) is 10.5. The Bertz CT molecular complexity index is 2250. The van der Waals surface area contributed by atoms with Crippen LogP contribution in [0, 0.1) is 5.41 Å². The molecular weight excluding hydrogens is 752 g/mol. The maximum Gasteiger partial charge on any atom is 0.421 e. The van der Waals surface area contributed by atoms with Gasteiger partial charge in [0, 0.05) is 92.9 Å². The number of hydrogen-bond acceptors (Lipinski definition) is 10. The van der Waals surface area contributed by atoms with E-state index in [2.05, 4.69) is 67.3 Å². The van der Waals surface area contributed by atoms with Gasteiger partial charge in [-0.05, 0) is 80.0 Å². The first-order valence-electron chi connectivity index (χ1n) is 19.7. The number of aliphatic hydroxyl groups excluding tert-OH is 1. The number of pyridine rings is 1. The summed E-state index contributed by atoms with van der Waals surface area (Å²) in [6.45, 7) is 14.2. The van der Waals surface area contributed by atoms with E-state index in [-0.39, 0.29) is 45.8 Å². The van der Waals surface area contributed by atoms with E-state index in [1.807, 2.05) is 6.07 Å². The number of piperazine rings is 1. The zero-order valence-electron chi connectivity index (χ0n) is 32.9. The van der Waals surface area contributed by atoms with Gasteiger partial charge in [-0.2, -0.15) is 13.2 Å². The van der Waals surface area contributed by atoms with Crippen LogP contribution in [0.1, 0.15) is 66.5 Å². The number of ether oxygens (including phenoxy) is 1. The number of alkyl halides is 3. The van der Waals surface area contributed by atoms with Crippen molar-refractivity contribution < 1.29 is 32.6 Å². The van der Waals surface area contributed by atoms with Gasteiger partial charge in [-0.15, -0.1) is 0 Å². The van der Waals surface area contributed by atoms with Crippen LogP contribution in [-0.2, 0) is 41.7 Å². The van der Waals surface area contributed by atoms with Crippen molar-refractivity contribution in [2.75, 3.05) is 59.8 Å². The Morgan fingerprint density at radius 1 is 1.09 bits per heavy atom. The fourth-order valence-electron chi connectivity index (χ4n) is 9.02. The van der Waals surface area contributed by atoms with Crippen LogP contribution < -0.4 is 20.4 Å². The molecule has 4 aliphatic rings. The maximum absolute atomic E-state index is 14.5. The zero-order valence-corrected chi connectivity index (χ0v) is 32.9. The van der Waals surface area contributed by atoms with E-state index in [1.165, 1.54) is 22.9 Å². The number of aliphatic hydroxyl groups is 1. The Labute approximate surface area is 334 Å². The quantitative estimate of drug-likeness (QED) is 0.168. The number of nitrogens with zero attached hydrogens (tertiary/aromatic N) is 7. The number of nitrogens with one attached hydrogen (secondary N) is 2. The molecule has 0 radical (unpaired) electrons. The van der Waals surface area contributed by atoms with Gasteiger partial charge in [0.15, 0.2) is 5.82 Å². The predicted molar refractivity (Wildman–Crippen MR) is 214 cm³/mol. The third kappa shape index (κ3) is 7.55. The summed E-state index contributed by atoms with van der Waals surface area (Å²) >= 11 is 0. The fourth-order valence-corrected chi connectivity index (χ4v) is 9.02. The number of rotatable bonds is 9. The Morgan fingerprint density at radius 3 is 2.60 bits per heavy atom. The number of hydrogen-bond donors (Lipinski definition) is 3. The minimum absolute atomic E-state index is 0.0842. The minimum Gasteiger partial charge on any atom is -0.392 e. The molecule has 13 nitrogen and oxygen atoms in total. The van der Waals surface area contributed by atoms with Crippen LogP contribution in [-0.4, -0.2) is 92.8 Å². The Morgan fingerprint density at radius 2 is 1.88 bits per heavy atom. The number of fused-ring (bicyclic) bond motifs is 3. The normalized spacial score (nSPS) is 19.8. The summed E-state index contributed by atoms with van der Waals surface area (Å²) in [5, 5.41) is 16.4. The SMILES string of the molecule is C=CC(=O)Nc1cc(Nc2nc(-c3ccnc(N4CCn5c(cc6c5CC(C)(C)C6)C4=O)c3CO)ncc2C(F)(F)F)ccc1N1CCN(C2CCOCC2)C[C@@H]1C. The second kappa shape index (κ2) is 15.5. The minimum atomic E-state index is -4.83. The number of halogens is 3. The molecule has 1 atom stereocenters. The largest absolute Gasteiger partial charge is 0.421 e. The summed E-state index contributed by atoms with van der Waals surface area (Å²) in [4.78, 5) is 45.7. The molecule has 1 aliphatic carbocycles. The Balaban J connectivity index is 1.09. The van der Waals surface area contributed by atoms with Crippen LogP contribution in [0.25, 0.3) is 11.4 Å². The summed E-state index contributed by atoms with van der Waals surface area (Å²) in [6, 6.07) is 8.99. The van der Waals surface area contributed by atoms with E-state index in [0.29, 0.717) is 43.3 Å². The van der Waals surface area contributed by atoms with Crippen LogP contribution >= 0.6 is 0 Å². The lowest BCUT2D eigenvalue weighted by atomic mass is 9.90. The zero-order chi connectivity index (χ0) is 40.9. The van der Waals surface area contributed by atoms with E-state index in [4.69, 9.17) is 4.74 Å². The molecule has 2 saturated heterocycles. The predicted octanol–water partition coefficient (Wildman–Crippen LogP) is 6.19. The number of carbonyl (C=O) groups is 2. The average Bonchev–Trinajstić information content (AvgIpc) is 3.69. The molecule has 1 aromatic carbocycles. The standard InChI is InChI=1S/C42H48F3N9O4/c1-5-36(56)49-32-19-27(6-7-33(32)52-13-12-51(23-25(52)2)28-9-16-58-17-10-28)48-38-31(42(43,44)45)22-47-37(50-38)29-8-11-46-39(30(29)24-55)54-15-14-53-34(40(54)57)18-26-20-41(3,4)21-35(26)53/h5-8,11,18-19,22,25,28,55H,1,9-10,12-17,20-21,23-24H2,2-4H3,(H,49,56)(H,47,48,50)/t25-/m0/s1. The molecule has 6 heterocycles. The molecule has 4 aromatic rings. The lowest BCUT2D eigenvalue weighted by molar-refractivity contribution is -0.137. The van der Waals surface area contributed by atoms with Crippen molar-refractivity contribution in [2.24, 2.45) is 5.41 Å². The van der Waals surface area contributed by atoms with Crippen LogP contribution in [0.4, 0.5) is 41.9 Å². The number of benzene rings is 1. The first-order valence-corrected chi connectivity index (χ1v) is 19.7. The molecule has 3 N–H and O–H groups in total. The molecule has 16 heteroatoms. The monoisotopic (exact) mass is 799 g/mol. The lowest BCUT2D eigenvalue weighted by Crippen LogP contribution is -2.56. The van der Waals surface area contributed by atoms with Gasteiger partial charge in [0.25, 0.3) is 5.91 Å². The molecule has 306 valence electrons. The van der Waals surface area contributed by atoms with Crippen molar-refractivity contribution in [3.63, 3.8) is 0 Å². The van der Waals surface area contributed by atoms with Crippen LogP contribution in [0.15, 0.2) is 55.4 Å². The lowest BCUT2D eigenvalue weighted by Gasteiger charge is -2.45. The first kappa shape index (κ1) is 39.5. The highest BCUT2D eigenvalue weighted by atomic mass is 19.4. The number of amides is 2. The van der Waals surface area contributed by atoms with Gasteiger partial charge in [0.1, 0.15) is 22.9 Å². The number of anilines is 5. The van der Waals surface area contributed by atoms with E-state index < -0.39 is 30.1 Å². The molecule has 2 fully saturated rings. The molecule has 0 spiro atoms. The molecule has 0 unspecified atom stereocenters. The van der Waals surface area contributed by atoms with Crippen molar-refractivity contribution in [3.05, 3.63) is 83.5 Å². The van der Waals surface area contributed by atoms with Crippen LogP contribution in [0.2, 0.25) is 0 Å². The van der Waals surface area contributed by atoms with Crippen molar-refractivity contribution >= 4 is 40.5 Å². The molecule has 2 amide bonds. The molecule has 0 bridgehead atoms. The Hall–Kier alpha value is -5.32. The van der Waals surface area contributed by atoms with E-state index >= 15 is 0 Å². The van der Waals surface area contributed by atoms with Gasteiger partial charge in [0.2, 0.25) is 5.91 Å². The summed E-state index contributed by atoms with van der Waals surface area (Å²) < 4.78 is 51.2. The second-order valence-electron chi connectivity index (χ2n) is 16.3. The second-order valence-corrected chi connectivity index (χ2v) is 16.3. The molecule has 0 saturated carbocycles. The fraction of sp³-hybridized carbons (Fsp3) is 0.452. The summed E-state index contributed by atoms with van der Waals surface area (Å²) in [7, 11) is 0.